The topological polar surface area (TPSA) is 71.8 Å². The molecule has 0 aliphatic rings. The molecule has 1 aromatic rings. The van der Waals surface area contributed by atoms with Gasteiger partial charge in [-0.3, -0.25) is 10.8 Å². The Morgan fingerprint density at radius 2 is 2.13 bits per heavy atom. The third kappa shape index (κ3) is 4.81. The fourth-order valence-corrected chi connectivity index (χ4v) is 0.907. The highest BCUT2D eigenvalue weighted by atomic mass is 15.1. The molecule has 0 aliphatic carbocycles. The zero-order valence-corrected chi connectivity index (χ0v) is 8.39. The Morgan fingerprint density at radius 3 is 2.73 bits per heavy atom. The van der Waals surface area contributed by atoms with Crippen LogP contribution in [0.4, 0.5) is 0 Å². The van der Waals surface area contributed by atoms with Gasteiger partial charge in [-0.1, -0.05) is 30.3 Å². The van der Waals surface area contributed by atoms with Crippen LogP contribution >= 0.6 is 0 Å². The minimum absolute atomic E-state index is 0.0628. The molecule has 0 aliphatic heterocycles. The van der Waals surface area contributed by atoms with E-state index in [9.17, 15) is 0 Å². The minimum Gasteiger partial charge on any atom is -0.356 e. The van der Waals surface area contributed by atoms with Crippen LogP contribution in [-0.2, 0) is 6.40 Å². The Kier molecular flexibility index (Phi) is 2.55. The van der Waals surface area contributed by atoms with Crippen molar-refractivity contribution in [3.8, 4) is 0 Å². The molecule has 2 atom stereocenters. The van der Waals surface area contributed by atoms with E-state index in [1.807, 2.05) is 0 Å². The van der Waals surface area contributed by atoms with E-state index >= 15 is 0 Å². The molecule has 80 valence electrons. The van der Waals surface area contributed by atoms with Crippen molar-refractivity contribution in [1.82, 2.24) is 10.6 Å². The monoisotopic (exact) mass is 208 g/mol. The van der Waals surface area contributed by atoms with Crippen LogP contribution in [0.5, 0.6) is 0 Å². The van der Waals surface area contributed by atoms with Crippen LogP contribution in [0.2, 0.25) is 0 Å². The van der Waals surface area contributed by atoms with E-state index in [2.05, 4.69) is 10.6 Å². The molecule has 0 radical (unpaired) electrons. The van der Waals surface area contributed by atoms with Gasteiger partial charge in [0.2, 0.25) is 0 Å². The molecule has 4 nitrogen and oxygen atoms in total. The Balaban J connectivity index is 2.73. The molecular weight excluding hydrogens is 188 g/mol. The average Bonchev–Trinajstić information content (AvgIpc) is 2.25. The lowest BCUT2D eigenvalue weighted by atomic mass is 10.1. The quantitative estimate of drug-likeness (QED) is 0.447. The second kappa shape index (κ2) is 5.80. The van der Waals surface area contributed by atoms with Crippen LogP contribution in [0.25, 0.3) is 0 Å². The number of hydrogen-bond acceptors (Lipinski definition) is 2. The second-order valence-corrected chi connectivity index (χ2v) is 2.87. The van der Waals surface area contributed by atoms with Crippen molar-refractivity contribution < 1.29 is 5.48 Å². The average molecular weight is 208 g/mol. The highest BCUT2D eigenvalue weighted by molar-refractivity contribution is 5.95. The molecule has 0 saturated carbocycles. The van der Waals surface area contributed by atoms with Crippen LogP contribution in [0.3, 0.4) is 0 Å². The van der Waals surface area contributed by atoms with Gasteiger partial charge in [0, 0.05) is 9.26 Å². The highest BCUT2D eigenvalue weighted by Crippen LogP contribution is 1.97. The third-order valence-corrected chi connectivity index (χ3v) is 1.48. The normalized spacial score (nSPS) is 17.4. The zero-order valence-electron chi connectivity index (χ0n) is 12.4. The SMILES string of the molecule is [2H]c1cc([2H])cc(C([2H])C([2H])NC(=N)NC(C)=N)c1. The fourth-order valence-electron chi connectivity index (χ4n) is 0.907. The number of amidine groups is 1. The molecule has 2 unspecified atom stereocenters. The fraction of sp³-hybridized carbons (Fsp3) is 0.273. The van der Waals surface area contributed by atoms with Crippen molar-refractivity contribution in [3.05, 3.63) is 35.8 Å². The summed E-state index contributed by atoms with van der Waals surface area (Å²) in [6, 6.07) is 4.45. The highest BCUT2D eigenvalue weighted by Gasteiger charge is 1.95. The number of guanidine groups is 1. The van der Waals surface area contributed by atoms with Crippen LogP contribution in [0, 0.1) is 10.8 Å². The molecule has 0 bridgehead atoms. The van der Waals surface area contributed by atoms with Crippen molar-refractivity contribution in [2.24, 2.45) is 0 Å². The van der Waals surface area contributed by atoms with E-state index < -0.39 is 12.9 Å². The first-order valence-corrected chi connectivity index (χ1v) is 4.39. The summed E-state index contributed by atoms with van der Waals surface area (Å²) < 4.78 is 30.6. The maximum atomic E-state index is 7.89. The van der Waals surface area contributed by atoms with E-state index in [4.69, 9.17) is 16.3 Å². The molecule has 4 heteroatoms. The first-order valence-electron chi connectivity index (χ1n) is 6.55. The number of aryl methyl sites for hydroxylation is 1. The zero-order chi connectivity index (χ0) is 14.6. The van der Waals surface area contributed by atoms with Gasteiger partial charge < -0.3 is 10.6 Å². The standard InChI is InChI=1S/C11H16N4/c1-9(12)15-11(13)14-8-7-10-5-3-2-4-6-10/h2-6H,7-8H2,1H3,(H4,12,13,14,15)/i3D,4D,7D,8D. The van der Waals surface area contributed by atoms with Gasteiger partial charge in [-0.25, -0.2) is 0 Å². The summed E-state index contributed by atoms with van der Waals surface area (Å²) in [7, 11) is 0. The maximum Gasteiger partial charge on any atom is 0.193 e. The molecular formula is C11H16N4. The predicted octanol–water partition coefficient (Wildman–Crippen LogP) is 1.34. The predicted molar refractivity (Wildman–Crippen MR) is 62.4 cm³/mol. The summed E-state index contributed by atoms with van der Waals surface area (Å²) in [5, 5.41) is 19.4. The van der Waals surface area contributed by atoms with Gasteiger partial charge in [-0.15, -0.1) is 0 Å². The first kappa shape index (κ1) is 6.61. The van der Waals surface area contributed by atoms with E-state index in [0.717, 1.165) is 0 Å². The summed E-state index contributed by atoms with van der Waals surface area (Å²) >= 11 is 0. The van der Waals surface area contributed by atoms with E-state index in [1.54, 1.807) is 0 Å². The van der Waals surface area contributed by atoms with E-state index in [-0.39, 0.29) is 23.9 Å². The van der Waals surface area contributed by atoms with Gasteiger partial charge in [0.15, 0.2) is 5.96 Å². The number of hydrogen-bond donors (Lipinski definition) is 4. The lowest BCUT2D eigenvalue weighted by Crippen LogP contribution is -2.39. The summed E-state index contributed by atoms with van der Waals surface area (Å²) in [6.45, 7) is 0.337. The molecule has 4 N–H and O–H groups in total. The van der Waals surface area contributed by atoms with Gasteiger partial charge in [0.05, 0.1) is 8.58 Å². The van der Waals surface area contributed by atoms with Crippen molar-refractivity contribution in [2.45, 2.75) is 13.3 Å². The van der Waals surface area contributed by atoms with Gasteiger partial charge in [0.25, 0.3) is 0 Å². The van der Waals surface area contributed by atoms with Crippen LogP contribution in [0.15, 0.2) is 30.3 Å². The summed E-state index contributed by atoms with van der Waals surface area (Å²) in [5.41, 5.74) is 0.379. The van der Waals surface area contributed by atoms with Gasteiger partial charge in [-0.05, 0) is 18.9 Å². The third-order valence-electron chi connectivity index (χ3n) is 1.48. The lowest BCUT2D eigenvalue weighted by Gasteiger charge is -2.08. The van der Waals surface area contributed by atoms with E-state index in [0.29, 0.717) is 5.56 Å². The second-order valence-electron chi connectivity index (χ2n) is 2.87. The van der Waals surface area contributed by atoms with Crippen molar-refractivity contribution >= 4 is 11.8 Å². The Bertz CT molecular complexity index is 471. The molecule has 1 aromatic carbocycles. The molecule has 0 aromatic heterocycles. The molecule has 0 spiro atoms. The molecule has 0 fully saturated rings. The largest absolute Gasteiger partial charge is 0.356 e. The Morgan fingerprint density at radius 1 is 1.47 bits per heavy atom. The van der Waals surface area contributed by atoms with Crippen molar-refractivity contribution in [1.29, 1.82) is 10.8 Å². The van der Waals surface area contributed by atoms with Crippen molar-refractivity contribution in [3.63, 3.8) is 0 Å². The van der Waals surface area contributed by atoms with Crippen LogP contribution < -0.4 is 10.6 Å². The van der Waals surface area contributed by atoms with Crippen molar-refractivity contribution in [2.75, 3.05) is 6.52 Å². The maximum absolute atomic E-state index is 7.89. The molecule has 0 amide bonds. The summed E-state index contributed by atoms with van der Waals surface area (Å²) in [4.78, 5) is 0. The summed E-state index contributed by atoms with van der Waals surface area (Å²) in [6.07, 6.45) is -1.03. The Hall–Kier alpha value is -1.84. The Labute approximate surface area is 95.3 Å². The number of nitrogens with one attached hydrogen (secondary N) is 4. The van der Waals surface area contributed by atoms with Gasteiger partial charge in [0.1, 0.15) is 0 Å². The van der Waals surface area contributed by atoms with Gasteiger partial charge in [-0.2, -0.15) is 0 Å². The summed E-state index contributed by atoms with van der Waals surface area (Å²) in [5.74, 6) is -0.161. The molecule has 0 saturated heterocycles. The molecule has 0 heterocycles. The first-order chi connectivity index (χ1) is 8.79. The number of benzene rings is 1. The van der Waals surface area contributed by atoms with Crippen LogP contribution in [0.1, 0.15) is 18.0 Å². The molecule has 1 rings (SSSR count). The minimum atomic E-state index is -1.12. The lowest BCUT2D eigenvalue weighted by molar-refractivity contribution is 0.842. The molecule has 15 heavy (non-hydrogen) atoms. The van der Waals surface area contributed by atoms with E-state index in [1.165, 1.54) is 25.1 Å². The van der Waals surface area contributed by atoms with Crippen LogP contribution in [-0.4, -0.2) is 18.3 Å². The number of rotatable bonds is 3. The van der Waals surface area contributed by atoms with Gasteiger partial charge >= 0.3 is 0 Å². The smallest absolute Gasteiger partial charge is 0.193 e.